The number of hydrogen-bond donors (Lipinski definition) is 1. The Balaban J connectivity index is 2.01. The highest BCUT2D eigenvalue weighted by molar-refractivity contribution is 14.1. The Bertz CT molecular complexity index is 746. The van der Waals surface area contributed by atoms with Crippen LogP contribution in [0.4, 0.5) is 0 Å². The molecule has 0 saturated heterocycles. The average molecular weight is 542 g/mol. The molecular formula is C25H35IO5. The van der Waals surface area contributed by atoms with Crippen LogP contribution < -0.4 is 0 Å². The van der Waals surface area contributed by atoms with Crippen molar-refractivity contribution >= 4 is 40.1 Å². The Morgan fingerprint density at radius 2 is 1.58 bits per heavy atom. The first-order valence-corrected chi connectivity index (χ1v) is 12.5. The predicted molar refractivity (Wildman–Crippen MR) is 130 cm³/mol. The lowest BCUT2D eigenvalue weighted by Crippen LogP contribution is -2.33. The van der Waals surface area contributed by atoms with Crippen LogP contribution in [0.3, 0.4) is 0 Å². The third kappa shape index (κ3) is 7.90. The second-order valence-electron chi connectivity index (χ2n) is 8.17. The van der Waals surface area contributed by atoms with Crippen LogP contribution in [0.5, 0.6) is 0 Å². The number of aliphatic hydroxyl groups excluding tert-OH is 1. The van der Waals surface area contributed by atoms with Crippen LogP contribution >= 0.6 is 22.6 Å². The molecule has 0 fully saturated rings. The van der Waals surface area contributed by atoms with Gasteiger partial charge in [-0.25, -0.2) is 4.79 Å². The van der Waals surface area contributed by atoms with Gasteiger partial charge in [-0.2, -0.15) is 0 Å². The first-order chi connectivity index (χ1) is 14.9. The Hall–Kier alpha value is -1.41. The van der Waals surface area contributed by atoms with Gasteiger partial charge in [0, 0.05) is 18.9 Å². The van der Waals surface area contributed by atoms with Crippen molar-refractivity contribution in [3.8, 4) is 0 Å². The summed E-state index contributed by atoms with van der Waals surface area (Å²) in [5.74, 6) is -1.09. The van der Waals surface area contributed by atoms with Gasteiger partial charge in [-0.15, -0.1) is 0 Å². The van der Waals surface area contributed by atoms with Crippen LogP contribution in [0.25, 0.3) is 5.57 Å². The Morgan fingerprint density at radius 3 is 2.13 bits per heavy atom. The van der Waals surface area contributed by atoms with E-state index in [2.05, 4.69) is 6.92 Å². The van der Waals surface area contributed by atoms with E-state index in [9.17, 15) is 14.7 Å². The minimum Gasteiger partial charge on any atom is -0.443 e. The summed E-state index contributed by atoms with van der Waals surface area (Å²) in [6, 6.07) is 9.15. The van der Waals surface area contributed by atoms with Gasteiger partial charge in [0.05, 0.1) is 0 Å². The highest BCUT2D eigenvalue weighted by Gasteiger charge is 2.47. The molecule has 0 aliphatic carbocycles. The zero-order valence-electron chi connectivity index (χ0n) is 18.7. The van der Waals surface area contributed by atoms with Crippen LogP contribution in [0.2, 0.25) is 0 Å². The molecule has 1 aromatic carbocycles. The van der Waals surface area contributed by atoms with E-state index in [1.165, 1.54) is 51.9 Å². The zero-order valence-corrected chi connectivity index (χ0v) is 20.9. The van der Waals surface area contributed by atoms with E-state index in [0.717, 1.165) is 19.3 Å². The number of halogens is 1. The maximum Gasteiger partial charge on any atom is 0.342 e. The van der Waals surface area contributed by atoms with Crippen LogP contribution in [0, 0.1) is 0 Å². The third-order valence-corrected chi connectivity index (χ3v) is 6.85. The highest BCUT2D eigenvalue weighted by atomic mass is 127. The first-order valence-electron chi connectivity index (χ1n) is 11.5. The molecule has 1 N–H and O–H groups in total. The number of carbonyl (C=O) groups is 2. The number of aliphatic hydroxyl groups is 1. The molecule has 2 rings (SSSR count). The fourth-order valence-corrected chi connectivity index (χ4v) is 5.21. The molecular weight excluding hydrogens is 507 g/mol. The molecule has 0 spiro atoms. The molecule has 1 aromatic rings. The molecule has 1 aliphatic heterocycles. The summed E-state index contributed by atoms with van der Waals surface area (Å²) >= 11 is 2.03. The standard InChI is InChI=1S/C25H35IO5/c1-3-4-5-6-7-8-9-10-11-15-18-25(26,31-19(2)27)22-21(23(28)30-24(22)29)20-16-13-12-14-17-20/h12-14,16-17,23,28H,3-11,15,18H2,1-2H3. The lowest BCUT2D eigenvalue weighted by atomic mass is 9.94. The summed E-state index contributed by atoms with van der Waals surface area (Å²) in [7, 11) is 0. The van der Waals surface area contributed by atoms with E-state index < -0.39 is 21.8 Å². The van der Waals surface area contributed by atoms with Gasteiger partial charge in [-0.1, -0.05) is 95.0 Å². The van der Waals surface area contributed by atoms with Gasteiger partial charge >= 0.3 is 11.9 Å². The molecule has 0 bridgehead atoms. The molecule has 2 unspecified atom stereocenters. The molecule has 1 aliphatic rings. The molecule has 0 aromatic heterocycles. The van der Waals surface area contributed by atoms with Crippen LogP contribution in [-0.4, -0.2) is 26.9 Å². The third-order valence-electron chi connectivity index (χ3n) is 5.55. The zero-order chi connectivity index (χ0) is 22.7. The van der Waals surface area contributed by atoms with Crippen LogP contribution in [-0.2, 0) is 19.1 Å². The second kappa shape index (κ2) is 13.2. The summed E-state index contributed by atoms with van der Waals surface area (Å²) in [4.78, 5) is 24.5. The van der Waals surface area contributed by atoms with Crippen molar-refractivity contribution in [3.05, 3.63) is 41.5 Å². The van der Waals surface area contributed by atoms with Crippen molar-refractivity contribution in [2.75, 3.05) is 0 Å². The van der Waals surface area contributed by atoms with E-state index in [0.29, 0.717) is 17.6 Å². The average Bonchev–Trinajstić information content (AvgIpc) is 3.04. The quantitative estimate of drug-likeness (QED) is 0.129. The number of rotatable bonds is 14. The maximum absolute atomic E-state index is 12.6. The Labute approximate surface area is 199 Å². The fourth-order valence-electron chi connectivity index (χ4n) is 4.01. The SMILES string of the molecule is CCCCCCCCCCCCC(I)(OC(C)=O)C1=C(c2ccccc2)C(O)OC1=O. The fraction of sp³-hybridized carbons (Fsp3) is 0.600. The van der Waals surface area contributed by atoms with Crippen molar-refractivity contribution in [3.63, 3.8) is 0 Å². The molecule has 5 nitrogen and oxygen atoms in total. The lowest BCUT2D eigenvalue weighted by Gasteiger charge is -2.28. The number of hydrogen-bond acceptors (Lipinski definition) is 5. The number of unbranched alkanes of at least 4 members (excludes halogenated alkanes) is 9. The van der Waals surface area contributed by atoms with Crippen LogP contribution in [0.15, 0.2) is 35.9 Å². The largest absolute Gasteiger partial charge is 0.443 e. The second-order valence-corrected chi connectivity index (χ2v) is 9.91. The maximum atomic E-state index is 12.6. The minimum atomic E-state index is -1.36. The normalized spacial score (nSPS) is 18.1. The monoisotopic (exact) mass is 542 g/mol. The van der Waals surface area contributed by atoms with E-state index in [1.807, 2.05) is 52.9 Å². The van der Waals surface area contributed by atoms with E-state index in [-0.39, 0.29) is 5.57 Å². The molecule has 0 saturated carbocycles. The minimum absolute atomic E-state index is 0.234. The molecule has 6 heteroatoms. The van der Waals surface area contributed by atoms with Crippen LogP contribution in [0.1, 0.15) is 90.0 Å². The van der Waals surface area contributed by atoms with Gasteiger partial charge < -0.3 is 14.6 Å². The predicted octanol–water partition coefficient (Wildman–Crippen LogP) is 6.32. The van der Waals surface area contributed by atoms with Crippen molar-refractivity contribution in [1.82, 2.24) is 0 Å². The van der Waals surface area contributed by atoms with Gasteiger partial charge in [0.1, 0.15) is 5.57 Å². The summed E-state index contributed by atoms with van der Waals surface area (Å²) in [5.41, 5.74) is 1.30. The topological polar surface area (TPSA) is 72.8 Å². The number of alkyl halides is 1. The molecule has 2 atom stereocenters. The smallest absolute Gasteiger partial charge is 0.342 e. The number of benzene rings is 1. The van der Waals surface area contributed by atoms with Gasteiger partial charge in [0.2, 0.25) is 6.29 Å². The van der Waals surface area contributed by atoms with E-state index in [4.69, 9.17) is 9.47 Å². The number of cyclic esters (lactones) is 1. The number of ether oxygens (including phenoxy) is 2. The van der Waals surface area contributed by atoms with Crippen molar-refractivity contribution in [2.45, 2.75) is 94.4 Å². The summed E-state index contributed by atoms with van der Waals surface area (Å²) in [6.45, 7) is 3.57. The van der Waals surface area contributed by atoms with Crippen molar-refractivity contribution in [2.24, 2.45) is 0 Å². The Morgan fingerprint density at radius 1 is 1.03 bits per heavy atom. The van der Waals surface area contributed by atoms with Gasteiger partial charge in [-0.05, 0) is 34.6 Å². The molecule has 1 heterocycles. The molecule has 0 amide bonds. The summed E-state index contributed by atoms with van der Waals surface area (Å²) in [6.07, 6.45) is 11.1. The Kier molecular flexibility index (Phi) is 11.0. The van der Waals surface area contributed by atoms with Gasteiger partial charge in [0.25, 0.3) is 0 Å². The molecule has 0 radical (unpaired) electrons. The summed E-state index contributed by atoms with van der Waals surface area (Å²) in [5, 5.41) is 10.4. The van der Waals surface area contributed by atoms with Gasteiger partial charge in [0.15, 0.2) is 3.61 Å². The highest BCUT2D eigenvalue weighted by Crippen LogP contribution is 2.44. The van der Waals surface area contributed by atoms with E-state index in [1.54, 1.807) is 0 Å². The van der Waals surface area contributed by atoms with E-state index >= 15 is 0 Å². The summed E-state index contributed by atoms with van der Waals surface area (Å²) < 4.78 is 9.60. The van der Waals surface area contributed by atoms with Crippen molar-refractivity contribution < 1.29 is 24.2 Å². The number of esters is 2. The van der Waals surface area contributed by atoms with Gasteiger partial charge in [-0.3, -0.25) is 4.79 Å². The van der Waals surface area contributed by atoms with Crippen molar-refractivity contribution in [1.29, 1.82) is 0 Å². The first kappa shape index (κ1) is 25.8. The molecule has 31 heavy (non-hydrogen) atoms. The lowest BCUT2D eigenvalue weighted by molar-refractivity contribution is -0.153. The number of carbonyl (C=O) groups excluding carboxylic acids is 2. The molecule has 172 valence electrons.